The Hall–Kier alpha value is -3.12. The van der Waals surface area contributed by atoms with Crippen LogP contribution in [0.2, 0.25) is 0 Å². The van der Waals surface area contributed by atoms with Gasteiger partial charge in [0, 0.05) is 36.3 Å². The zero-order chi connectivity index (χ0) is 19.2. The number of rotatable bonds is 7. The Labute approximate surface area is 157 Å². The van der Waals surface area contributed by atoms with Crippen LogP contribution in [0.15, 0.2) is 59.5 Å². The van der Waals surface area contributed by atoms with Crippen LogP contribution in [0.1, 0.15) is 5.56 Å². The number of amides is 1. The third kappa shape index (κ3) is 4.35. The summed E-state index contributed by atoms with van der Waals surface area (Å²) in [5.41, 5.74) is 1.41. The highest BCUT2D eigenvalue weighted by Crippen LogP contribution is 2.21. The summed E-state index contributed by atoms with van der Waals surface area (Å²) < 4.78 is 11.8. The molecular weight excluding hydrogens is 344 g/mol. The molecule has 0 spiro atoms. The van der Waals surface area contributed by atoms with Crippen LogP contribution < -0.4 is 15.6 Å². The van der Waals surface area contributed by atoms with Gasteiger partial charge in [-0.1, -0.05) is 18.2 Å². The third-order valence-electron chi connectivity index (χ3n) is 4.35. The minimum Gasteiger partial charge on any atom is -0.497 e. The molecule has 6 nitrogen and oxygen atoms in total. The first-order valence-corrected chi connectivity index (χ1v) is 8.66. The molecule has 1 heterocycles. The van der Waals surface area contributed by atoms with E-state index >= 15 is 0 Å². The van der Waals surface area contributed by atoms with Crippen molar-refractivity contribution in [3.8, 4) is 5.75 Å². The molecule has 1 N–H and O–H groups in total. The van der Waals surface area contributed by atoms with E-state index in [-0.39, 0.29) is 17.9 Å². The van der Waals surface area contributed by atoms with E-state index in [0.717, 1.165) is 16.7 Å². The first-order chi connectivity index (χ1) is 13.1. The number of hydrogen-bond acceptors (Lipinski definition) is 4. The van der Waals surface area contributed by atoms with Gasteiger partial charge in [-0.3, -0.25) is 9.59 Å². The Morgan fingerprint density at radius 2 is 1.81 bits per heavy atom. The molecule has 27 heavy (non-hydrogen) atoms. The number of anilines is 1. The molecular formula is C21H22N2O4. The lowest BCUT2D eigenvalue weighted by atomic mass is 10.1. The van der Waals surface area contributed by atoms with E-state index in [9.17, 15) is 9.59 Å². The maximum Gasteiger partial charge on any atom is 0.258 e. The van der Waals surface area contributed by atoms with Crippen molar-refractivity contribution in [2.75, 3.05) is 26.1 Å². The first-order valence-electron chi connectivity index (χ1n) is 8.66. The normalized spacial score (nSPS) is 10.7. The second-order valence-electron chi connectivity index (χ2n) is 6.15. The van der Waals surface area contributed by atoms with Crippen molar-refractivity contribution in [1.29, 1.82) is 0 Å². The summed E-state index contributed by atoms with van der Waals surface area (Å²) in [6, 6.07) is 14.5. The number of ether oxygens (including phenoxy) is 2. The van der Waals surface area contributed by atoms with Crippen molar-refractivity contribution in [1.82, 2.24) is 4.57 Å². The highest BCUT2D eigenvalue weighted by molar-refractivity contribution is 6.02. The quantitative estimate of drug-likeness (QED) is 0.698. The second kappa shape index (κ2) is 8.51. The fraction of sp³-hybridized carbons (Fsp3) is 0.238. The van der Waals surface area contributed by atoms with E-state index in [2.05, 4.69) is 5.32 Å². The second-order valence-corrected chi connectivity index (χ2v) is 6.15. The molecule has 1 amide bonds. The smallest absolute Gasteiger partial charge is 0.258 e. The van der Waals surface area contributed by atoms with E-state index in [4.69, 9.17) is 9.47 Å². The zero-order valence-corrected chi connectivity index (χ0v) is 15.4. The number of pyridine rings is 1. The number of fused-ring (bicyclic) bond motifs is 1. The molecule has 3 rings (SSSR count). The number of nitrogens with one attached hydrogen (secondary N) is 1. The Bertz CT molecular complexity index is 993. The number of carbonyl (C=O) groups excluding carboxylic acids is 1. The minimum absolute atomic E-state index is 0.101. The third-order valence-corrected chi connectivity index (χ3v) is 4.35. The molecule has 0 bridgehead atoms. The van der Waals surface area contributed by atoms with Gasteiger partial charge in [-0.2, -0.15) is 0 Å². The van der Waals surface area contributed by atoms with Crippen LogP contribution >= 0.6 is 0 Å². The Morgan fingerprint density at radius 3 is 2.52 bits per heavy atom. The predicted octanol–water partition coefficient (Wildman–Crippen LogP) is 2.84. The van der Waals surface area contributed by atoms with Crippen LogP contribution in [0.25, 0.3) is 10.8 Å². The Morgan fingerprint density at radius 1 is 1.04 bits per heavy atom. The van der Waals surface area contributed by atoms with E-state index in [1.54, 1.807) is 43.2 Å². The molecule has 6 heteroatoms. The maximum atomic E-state index is 12.6. The average molecular weight is 366 g/mol. The Balaban J connectivity index is 1.80. The predicted molar refractivity (Wildman–Crippen MR) is 105 cm³/mol. The number of methoxy groups -OCH3 is 2. The molecule has 0 saturated heterocycles. The van der Waals surface area contributed by atoms with Crippen molar-refractivity contribution in [2.24, 2.45) is 0 Å². The van der Waals surface area contributed by atoms with Crippen molar-refractivity contribution < 1.29 is 14.3 Å². The van der Waals surface area contributed by atoms with Crippen LogP contribution in [0.4, 0.5) is 5.69 Å². The number of carbonyl (C=O) groups is 1. The maximum absolute atomic E-state index is 12.6. The van der Waals surface area contributed by atoms with E-state index in [1.807, 2.05) is 30.3 Å². The zero-order valence-electron chi connectivity index (χ0n) is 15.4. The van der Waals surface area contributed by atoms with Gasteiger partial charge in [0.05, 0.1) is 20.1 Å². The molecule has 0 aliphatic carbocycles. The van der Waals surface area contributed by atoms with Gasteiger partial charge in [-0.15, -0.1) is 0 Å². The molecule has 2 aromatic carbocycles. The summed E-state index contributed by atoms with van der Waals surface area (Å²) >= 11 is 0. The highest BCUT2D eigenvalue weighted by atomic mass is 16.5. The molecule has 0 saturated carbocycles. The molecule has 1 aromatic heterocycles. The molecule has 140 valence electrons. The van der Waals surface area contributed by atoms with Crippen LogP contribution in [0.3, 0.4) is 0 Å². The lowest BCUT2D eigenvalue weighted by Gasteiger charge is -2.11. The van der Waals surface area contributed by atoms with Crippen LogP contribution in [-0.2, 0) is 22.5 Å². The summed E-state index contributed by atoms with van der Waals surface area (Å²) in [5, 5.41) is 4.20. The van der Waals surface area contributed by atoms with Crippen molar-refractivity contribution in [3.63, 3.8) is 0 Å². The molecule has 0 aliphatic heterocycles. The molecule has 0 unspecified atom stereocenters. The van der Waals surface area contributed by atoms with Crippen LogP contribution in [0.5, 0.6) is 5.75 Å². The lowest BCUT2D eigenvalue weighted by Crippen LogP contribution is -2.22. The van der Waals surface area contributed by atoms with E-state index in [0.29, 0.717) is 24.2 Å². The average Bonchev–Trinajstić information content (AvgIpc) is 2.68. The molecule has 3 aromatic rings. The number of benzene rings is 2. The standard InChI is InChI=1S/C21H22N2O4/c1-26-13-12-23-11-10-17-18(21(23)25)4-3-5-19(17)22-20(24)14-15-6-8-16(27-2)9-7-15/h3-11H,12-14H2,1-2H3,(H,22,24). The van der Waals surface area contributed by atoms with Gasteiger partial charge in [-0.05, 0) is 35.9 Å². The summed E-state index contributed by atoms with van der Waals surface area (Å²) in [4.78, 5) is 25.0. The van der Waals surface area contributed by atoms with Gasteiger partial charge in [0.25, 0.3) is 5.56 Å². The summed E-state index contributed by atoms with van der Waals surface area (Å²) in [7, 11) is 3.20. The number of nitrogens with zero attached hydrogens (tertiary/aromatic N) is 1. The molecule has 0 radical (unpaired) electrons. The van der Waals surface area contributed by atoms with Gasteiger partial charge in [-0.25, -0.2) is 0 Å². The van der Waals surface area contributed by atoms with Gasteiger partial charge in [0.15, 0.2) is 0 Å². The summed E-state index contributed by atoms with van der Waals surface area (Å²) in [6.07, 6.45) is 1.97. The van der Waals surface area contributed by atoms with Crippen molar-refractivity contribution in [2.45, 2.75) is 13.0 Å². The van der Waals surface area contributed by atoms with Crippen LogP contribution in [0, 0.1) is 0 Å². The summed E-state index contributed by atoms with van der Waals surface area (Å²) in [5.74, 6) is 0.606. The lowest BCUT2D eigenvalue weighted by molar-refractivity contribution is -0.115. The fourth-order valence-corrected chi connectivity index (χ4v) is 2.92. The molecule has 0 fully saturated rings. The largest absolute Gasteiger partial charge is 0.497 e. The van der Waals surface area contributed by atoms with Gasteiger partial charge < -0.3 is 19.4 Å². The highest BCUT2D eigenvalue weighted by Gasteiger charge is 2.10. The van der Waals surface area contributed by atoms with E-state index in [1.165, 1.54) is 0 Å². The fourth-order valence-electron chi connectivity index (χ4n) is 2.92. The minimum atomic E-state index is -0.142. The van der Waals surface area contributed by atoms with Crippen molar-refractivity contribution >= 4 is 22.4 Å². The van der Waals surface area contributed by atoms with E-state index < -0.39 is 0 Å². The molecule has 0 atom stereocenters. The number of hydrogen-bond donors (Lipinski definition) is 1. The molecule has 0 aliphatic rings. The van der Waals surface area contributed by atoms with Gasteiger partial charge in [0.2, 0.25) is 5.91 Å². The Kier molecular flexibility index (Phi) is 5.88. The number of aromatic nitrogens is 1. The topological polar surface area (TPSA) is 69.6 Å². The van der Waals surface area contributed by atoms with Gasteiger partial charge >= 0.3 is 0 Å². The van der Waals surface area contributed by atoms with Crippen molar-refractivity contribution in [3.05, 3.63) is 70.6 Å². The first kappa shape index (κ1) is 18.7. The monoisotopic (exact) mass is 366 g/mol. The SMILES string of the molecule is COCCn1ccc2c(NC(=O)Cc3ccc(OC)cc3)cccc2c1=O. The summed E-state index contributed by atoms with van der Waals surface area (Å²) in [6.45, 7) is 0.947. The van der Waals surface area contributed by atoms with Gasteiger partial charge in [0.1, 0.15) is 5.75 Å². The van der Waals surface area contributed by atoms with Crippen LogP contribution in [-0.4, -0.2) is 31.3 Å².